The fourth-order valence-corrected chi connectivity index (χ4v) is 4.79. The van der Waals surface area contributed by atoms with Gasteiger partial charge in [0.05, 0.1) is 6.04 Å². The fourth-order valence-electron chi connectivity index (χ4n) is 4.79. The van der Waals surface area contributed by atoms with Gasteiger partial charge in [0, 0.05) is 13.7 Å². The molecule has 2 amide bonds. The summed E-state index contributed by atoms with van der Waals surface area (Å²) in [6.45, 7) is 7.63. The first-order chi connectivity index (χ1) is 16.1. The first kappa shape index (κ1) is 28.1. The summed E-state index contributed by atoms with van der Waals surface area (Å²) >= 11 is 0. The zero-order valence-electron chi connectivity index (χ0n) is 21.2. The van der Waals surface area contributed by atoms with Gasteiger partial charge in [-0.15, -0.1) is 0 Å². The lowest BCUT2D eigenvalue weighted by atomic mass is 9.88. The van der Waals surface area contributed by atoms with Crippen LogP contribution in [0.3, 0.4) is 0 Å². The van der Waals surface area contributed by atoms with Crippen LogP contribution in [0.5, 0.6) is 0 Å². The molecule has 34 heavy (non-hydrogen) atoms. The summed E-state index contributed by atoms with van der Waals surface area (Å²) in [5.74, 6) is -0.540. The van der Waals surface area contributed by atoms with E-state index in [1.807, 2.05) is 19.9 Å². The number of amides is 2. The minimum atomic E-state index is -1.26. The van der Waals surface area contributed by atoms with Crippen molar-refractivity contribution in [2.75, 3.05) is 13.7 Å². The van der Waals surface area contributed by atoms with E-state index in [2.05, 4.69) is 0 Å². The van der Waals surface area contributed by atoms with Crippen LogP contribution < -0.4 is 0 Å². The Bertz CT molecular complexity index is 771. The molecule has 1 fully saturated rings. The van der Waals surface area contributed by atoms with E-state index in [1.54, 1.807) is 19.9 Å². The van der Waals surface area contributed by atoms with Crippen LogP contribution in [0.1, 0.15) is 79.1 Å². The molecule has 0 bridgehead atoms. The Morgan fingerprint density at radius 1 is 1.12 bits per heavy atom. The number of carbonyl (C=O) groups is 3. The van der Waals surface area contributed by atoms with Gasteiger partial charge in [-0.1, -0.05) is 46.0 Å². The highest BCUT2D eigenvalue weighted by Crippen LogP contribution is 2.35. The van der Waals surface area contributed by atoms with Gasteiger partial charge >= 0.3 is 6.09 Å². The zero-order chi connectivity index (χ0) is 25.3. The van der Waals surface area contributed by atoms with Gasteiger partial charge in [-0.05, 0) is 57.3 Å². The molecule has 0 radical (unpaired) electrons. The number of hydrogen-bond donors (Lipinski definition) is 1. The molecule has 0 aliphatic carbocycles. The second-order valence-corrected chi connectivity index (χ2v) is 9.89. The Morgan fingerprint density at radius 2 is 1.74 bits per heavy atom. The predicted molar refractivity (Wildman–Crippen MR) is 128 cm³/mol. The molecular formula is C26H41NO7. The van der Waals surface area contributed by atoms with Crippen LogP contribution in [0.4, 0.5) is 4.79 Å². The molecule has 8 heteroatoms. The number of ether oxygens (including phenoxy) is 3. The Balaban J connectivity index is 1.98. The van der Waals surface area contributed by atoms with Crippen LogP contribution in [0.25, 0.3) is 0 Å². The molecular weight excluding hydrogens is 438 g/mol. The number of hydrogen-bond acceptors (Lipinski definition) is 7. The molecule has 0 aromatic rings. The summed E-state index contributed by atoms with van der Waals surface area (Å²) in [4.78, 5) is 39.6. The summed E-state index contributed by atoms with van der Waals surface area (Å²) in [5.41, 5.74) is -0.847. The van der Waals surface area contributed by atoms with Gasteiger partial charge in [0.15, 0.2) is 18.0 Å². The number of allylic oxidation sites excluding steroid dienone is 2. The van der Waals surface area contributed by atoms with Gasteiger partial charge < -0.3 is 19.3 Å². The maximum absolute atomic E-state index is 13.4. The molecule has 2 aliphatic heterocycles. The maximum atomic E-state index is 13.4. The number of ketones is 1. The van der Waals surface area contributed by atoms with E-state index in [-0.39, 0.29) is 18.3 Å². The smallest absolute Gasteiger partial charge is 0.417 e. The summed E-state index contributed by atoms with van der Waals surface area (Å²) < 4.78 is 16.7. The molecule has 192 valence electrons. The second kappa shape index (κ2) is 13.0. The number of aliphatic hydroxyl groups excluding tert-OH is 1. The van der Waals surface area contributed by atoms with Crippen LogP contribution >= 0.6 is 0 Å². The highest BCUT2D eigenvalue weighted by atomic mass is 16.6. The number of aliphatic hydroxyl groups is 1. The van der Waals surface area contributed by atoms with Gasteiger partial charge in [-0.25, -0.2) is 9.69 Å². The topological polar surface area (TPSA) is 102 Å². The van der Waals surface area contributed by atoms with Crippen molar-refractivity contribution in [2.45, 2.75) is 103 Å². The number of carbonyl (C=O) groups excluding carboxylic acids is 3. The third kappa shape index (κ3) is 7.15. The minimum absolute atomic E-state index is 0.0455. The standard InChI is InChI=1S/C26H41NO7/c1-18(2)23-26(3,4)34-25(31)27(23)24(30)22(32-5)21-20(29)16-15-19(33-21)14-12-10-8-6-7-9-11-13-17-28/h14-16,18,21-23,28H,6-13,17H2,1-5H3/t21-,22-,23-/m1/s1. The van der Waals surface area contributed by atoms with E-state index in [0.717, 1.165) is 56.3 Å². The Labute approximate surface area is 203 Å². The van der Waals surface area contributed by atoms with Crippen molar-refractivity contribution in [3.63, 3.8) is 0 Å². The lowest BCUT2D eigenvalue weighted by Crippen LogP contribution is -2.55. The van der Waals surface area contributed by atoms with Crippen LogP contribution in [0.2, 0.25) is 0 Å². The second-order valence-electron chi connectivity index (χ2n) is 9.89. The molecule has 0 saturated carbocycles. The molecule has 0 aromatic carbocycles. The Hall–Kier alpha value is -2.19. The van der Waals surface area contributed by atoms with Crippen molar-refractivity contribution in [2.24, 2.45) is 5.92 Å². The first-order valence-corrected chi connectivity index (χ1v) is 12.4. The highest BCUT2D eigenvalue weighted by Gasteiger charge is 2.54. The summed E-state index contributed by atoms with van der Waals surface area (Å²) in [6.07, 6.45) is 10.0. The van der Waals surface area contributed by atoms with E-state index in [9.17, 15) is 14.4 Å². The van der Waals surface area contributed by atoms with E-state index >= 15 is 0 Å². The Kier molecular flexibility index (Phi) is 10.8. The van der Waals surface area contributed by atoms with Crippen LogP contribution in [-0.2, 0) is 23.8 Å². The Morgan fingerprint density at radius 3 is 2.32 bits per heavy atom. The van der Waals surface area contributed by atoms with Gasteiger partial charge in [-0.2, -0.15) is 0 Å². The average molecular weight is 480 g/mol. The van der Waals surface area contributed by atoms with Gasteiger partial charge in [0.25, 0.3) is 5.91 Å². The van der Waals surface area contributed by atoms with E-state index in [0.29, 0.717) is 5.76 Å². The fraction of sp³-hybridized carbons (Fsp3) is 0.731. The van der Waals surface area contributed by atoms with Crippen LogP contribution in [-0.4, -0.2) is 65.4 Å². The van der Waals surface area contributed by atoms with E-state index in [1.165, 1.54) is 13.2 Å². The quantitative estimate of drug-likeness (QED) is 0.393. The summed E-state index contributed by atoms with van der Waals surface area (Å²) in [7, 11) is 1.33. The third-order valence-corrected chi connectivity index (χ3v) is 6.34. The molecule has 0 spiro atoms. The number of imide groups is 1. The monoisotopic (exact) mass is 479 g/mol. The first-order valence-electron chi connectivity index (χ1n) is 12.4. The molecule has 3 atom stereocenters. The van der Waals surface area contributed by atoms with Gasteiger partial charge in [0.1, 0.15) is 11.4 Å². The number of cyclic esters (lactones) is 1. The van der Waals surface area contributed by atoms with Crippen LogP contribution in [0, 0.1) is 5.92 Å². The zero-order valence-corrected chi connectivity index (χ0v) is 21.2. The average Bonchev–Trinajstić information content (AvgIpc) is 3.03. The van der Waals surface area contributed by atoms with Crippen molar-refractivity contribution in [1.29, 1.82) is 0 Å². The molecule has 2 rings (SSSR count). The van der Waals surface area contributed by atoms with Crippen molar-refractivity contribution >= 4 is 17.8 Å². The lowest BCUT2D eigenvalue weighted by molar-refractivity contribution is -0.154. The van der Waals surface area contributed by atoms with Crippen LogP contribution in [0.15, 0.2) is 24.0 Å². The summed E-state index contributed by atoms with van der Waals surface area (Å²) in [5, 5.41) is 8.80. The molecule has 0 aromatic heterocycles. The normalized spacial score (nSPS) is 24.0. The largest absolute Gasteiger partial charge is 0.479 e. The van der Waals surface area contributed by atoms with E-state index < -0.39 is 35.9 Å². The molecule has 0 unspecified atom stereocenters. The maximum Gasteiger partial charge on any atom is 0.417 e. The summed E-state index contributed by atoms with van der Waals surface area (Å²) in [6, 6.07) is -0.488. The number of nitrogens with zero attached hydrogens (tertiary/aromatic N) is 1. The van der Waals surface area contributed by atoms with Crippen molar-refractivity contribution in [3.05, 3.63) is 24.0 Å². The number of rotatable bonds is 13. The van der Waals surface area contributed by atoms with Gasteiger partial charge in [-0.3, -0.25) is 9.59 Å². The number of methoxy groups -OCH3 is 1. The van der Waals surface area contributed by atoms with Crippen molar-refractivity contribution < 1.29 is 33.7 Å². The van der Waals surface area contributed by atoms with E-state index in [4.69, 9.17) is 19.3 Å². The highest BCUT2D eigenvalue weighted by molar-refractivity contribution is 6.03. The van der Waals surface area contributed by atoms with Crippen molar-refractivity contribution in [3.8, 4) is 0 Å². The molecule has 8 nitrogen and oxygen atoms in total. The van der Waals surface area contributed by atoms with Crippen molar-refractivity contribution in [1.82, 2.24) is 4.90 Å². The SMILES string of the molecule is CO[C@@H](C(=O)N1C(=O)OC(C)(C)[C@H]1C(C)C)[C@@H]1OC(=CCCCCCCCCCO)C=CC1=O. The lowest BCUT2D eigenvalue weighted by Gasteiger charge is -2.34. The molecule has 1 N–H and O–H groups in total. The van der Waals surface area contributed by atoms with Gasteiger partial charge in [0.2, 0.25) is 0 Å². The minimum Gasteiger partial charge on any atom is -0.479 e. The molecule has 1 saturated heterocycles. The molecule has 2 heterocycles. The predicted octanol–water partition coefficient (Wildman–Crippen LogP) is 4.30. The third-order valence-electron chi connectivity index (χ3n) is 6.34. The number of unbranched alkanes of at least 4 members (excludes halogenated alkanes) is 7. The molecule has 2 aliphatic rings.